The Balaban J connectivity index is 1.87. The van der Waals surface area contributed by atoms with Gasteiger partial charge in [0.2, 0.25) is 15.7 Å². The number of nitrogens with one attached hydrogen (secondary N) is 1. The minimum absolute atomic E-state index is 0.0283. The average Bonchev–Trinajstić information content (AvgIpc) is 3.04. The van der Waals surface area contributed by atoms with Crippen molar-refractivity contribution in [1.82, 2.24) is 9.62 Å². The third kappa shape index (κ3) is 4.83. The lowest BCUT2D eigenvalue weighted by atomic mass is 9.90. The van der Waals surface area contributed by atoms with Gasteiger partial charge in [0.05, 0.1) is 30.9 Å². The van der Waals surface area contributed by atoms with Crippen LogP contribution < -0.4 is 4.72 Å². The third-order valence-corrected chi connectivity index (χ3v) is 9.49. The van der Waals surface area contributed by atoms with E-state index in [0.29, 0.717) is 23.8 Å². The minimum Gasteiger partial charge on any atom is -0.349 e. The van der Waals surface area contributed by atoms with Crippen LogP contribution in [0.2, 0.25) is 5.02 Å². The molecule has 0 radical (unpaired) electrons. The summed E-state index contributed by atoms with van der Waals surface area (Å²) in [6.07, 6.45) is 5.66. The summed E-state index contributed by atoms with van der Waals surface area (Å²) in [5.41, 5.74) is -0.761. The standard InChI is InChI=1S/C21H33ClN3O3S2/c1-4-25(5-2)20-24(3)21(26,15-29-20)17-11-12-18(22)19(13-17)30(27,28)23-14-16-9-7-6-8-10-16/h11-13,16,23,26H,4-10,14-15H2,1-3H3/q+1. The molecule has 168 valence electrons. The summed E-state index contributed by atoms with van der Waals surface area (Å²) in [7, 11) is -1.92. The topological polar surface area (TPSA) is 72.6 Å². The van der Waals surface area contributed by atoms with Gasteiger partial charge in [-0.25, -0.2) is 18.0 Å². The molecule has 3 rings (SSSR count). The molecular weight excluding hydrogens is 442 g/mol. The van der Waals surface area contributed by atoms with E-state index in [9.17, 15) is 13.5 Å². The highest BCUT2D eigenvalue weighted by atomic mass is 35.5. The second-order valence-corrected chi connectivity index (χ2v) is 11.2. The smallest absolute Gasteiger partial charge is 0.311 e. The van der Waals surface area contributed by atoms with E-state index >= 15 is 0 Å². The Morgan fingerprint density at radius 1 is 1.27 bits per heavy atom. The second-order valence-electron chi connectivity index (χ2n) is 8.12. The summed E-state index contributed by atoms with van der Waals surface area (Å²) in [4.78, 5) is 1.86. The van der Waals surface area contributed by atoms with Crippen molar-refractivity contribution < 1.29 is 18.1 Å². The van der Waals surface area contributed by atoms with Crippen LogP contribution in [0, 0.1) is 5.92 Å². The summed E-state index contributed by atoms with van der Waals surface area (Å²) >= 11 is 7.86. The maximum Gasteiger partial charge on any atom is 0.311 e. The van der Waals surface area contributed by atoms with Crippen LogP contribution in [0.3, 0.4) is 0 Å². The normalized spacial score (nSPS) is 23.2. The van der Waals surface area contributed by atoms with Gasteiger partial charge in [-0.1, -0.05) is 36.9 Å². The van der Waals surface area contributed by atoms with Gasteiger partial charge in [0.1, 0.15) is 4.90 Å². The van der Waals surface area contributed by atoms with Crippen molar-refractivity contribution in [2.45, 2.75) is 56.6 Å². The van der Waals surface area contributed by atoms with Gasteiger partial charge in [0, 0.05) is 12.1 Å². The van der Waals surface area contributed by atoms with Gasteiger partial charge in [-0.2, -0.15) is 0 Å². The number of hydrogen-bond acceptors (Lipinski definition) is 4. The van der Waals surface area contributed by atoms with Gasteiger partial charge < -0.3 is 5.11 Å². The molecule has 1 atom stereocenters. The van der Waals surface area contributed by atoms with E-state index in [0.717, 1.165) is 43.9 Å². The zero-order chi connectivity index (χ0) is 21.9. The van der Waals surface area contributed by atoms with Crippen molar-refractivity contribution in [2.24, 2.45) is 5.92 Å². The van der Waals surface area contributed by atoms with E-state index in [1.165, 1.54) is 12.5 Å². The van der Waals surface area contributed by atoms with E-state index < -0.39 is 15.7 Å². The molecule has 1 aromatic carbocycles. The molecule has 0 aromatic heterocycles. The predicted molar refractivity (Wildman–Crippen MR) is 124 cm³/mol. The van der Waals surface area contributed by atoms with Crippen LogP contribution in [0.1, 0.15) is 51.5 Å². The average molecular weight is 475 g/mol. The number of halogens is 1. The highest BCUT2D eigenvalue weighted by Crippen LogP contribution is 2.39. The van der Waals surface area contributed by atoms with Crippen LogP contribution in [-0.2, 0) is 15.7 Å². The number of rotatable bonds is 7. The Hall–Kier alpha value is -0.800. The SMILES string of the molecule is CC[N+](CC)=C1SCC(O)(c2ccc(Cl)c(S(=O)(=O)NCC3CCCCC3)c2)N1C. The molecule has 1 heterocycles. The molecule has 2 aliphatic rings. The Labute approximate surface area is 189 Å². The fraction of sp³-hybridized carbons (Fsp3) is 0.667. The maximum absolute atomic E-state index is 13.0. The number of thioether (sulfide) groups is 1. The maximum atomic E-state index is 13.0. The number of sulfonamides is 1. The van der Waals surface area contributed by atoms with Crippen molar-refractivity contribution in [3.8, 4) is 0 Å². The zero-order valence-corrected chi connectivity index (χ0v) is 20.4. The summed E-state index contributed by atoms with van der Waals surface area (Å²) in [5.74, 6) is 0.801. The first-order chi connectivity index (χ1) is 14.2. The Bertz CT molecular complexity index is 895. The van der Waals surface area contributed by atoms with E-state index in [1.807, 2.05) is 11.9 Å². The molecule has 1 aliphatic carbocycles. The number of aliphatic hydroxyl groups is 1. The van der Waals surface area contributed by atoms with E-state index in [-0.39, 0.29) is 9.92 Å². The van der Waals surface area contributed by atoms with Gasteiger partial charge in [0.15, 0.2) is 0 Å². The Kier molecular flexibility index (Phi) is 7.77. The molecule has 1 saturated carbocycles. The molecule has 1 aromatic rings. The summed E-state index contributed by atoms with van der Waals surface area (Å²) in [6.45, 7) is 6.26. The molecule has 9 heteroatoms. The molecule has 6 nitrogen and oxygen atoms in total. The Morgan fingerprint density at radius 3 is 2.57 bits per heavy atom. The summed E-state index contributed by atoms with van der Waals surface area (Å²) in [5, 5.41) is 12.6. The molecule has 1 saturated heterocycles. The molecule has 2 N–H and O–H groups in total. The first-order valence-corrected chi connectivity index (χ1v) is 13.6. The third-order valence-electron chi connectivity index (χ3n) is 6.25. The van der Waals surface area contributed by atoms with Gasteiger partial charge in [0.25, 0.3) is 0 Å². The molecule has 0 amide bonds. The highest BCUT2D eigenvalue weighted by Gasteiger charge is 2.50. The number of hydrogen-bond donors (Lipinski definition) is 2. The first kappa shape index (κ1) is 23.9. The molecular formula is C21H33ClN3O3S2+. The lowest BCUT2D eigenvalue weighted by Crippen LogP contribution is -2.44. The number of benzene rings is 1. The van der Waals surface area contributed by atoms with Crippen LogP contribution in [0.25, 0.3) is 0 Å². The highest BCUT2D eigenvalue weighted by molar-refractivity contribution is 8.13. The number of amidine groups is 1. The first-order valence-electron chi connectivity index (χ1n) is 10.7. The lowest BCUT2D eigenvalue weighted by molar-refractivity contribution is -0.523. The van der Waals surface area contributed by atoms with Crippen LogP contribution in [0.5, 0.6) is 0 Å². The Morgan fingerprint density at radius 2 is 1.93 bits per heavy atom. The lowest BCUT2D eigenvalue weighted by Gasteiger charge is -2.27. The predicted octanol–water partition coefficient (Wildman–Crippen LogP) is 3.43. The summed E-state index contributed by atoms with van der Waals surface area (Å²) < 4.78 is 30.9. The van der Waals surface area contributed by atoms with E-state index in [1.54, 1.807) is 23.9 Å². The number of nitrogens with zero attached hydrogens (tertiary/aromatic N) is 2. The molecule has 1 unspecified atom stereocenters. The van der Waals surface area contributed by atoms with Crippen molar-refractivity contribution in [3.05, 3.63) is 28.8 Å². The largest absolute Gasteiger partial charge is 0.349 e. The van der Waals surface area contributed by atoms with Crippen molar-refractivity contribution in [3.63, 3.8) is 0 Å². The molecule has 2 fully saturated rings. The molecule has 30 heavy (non-hydrogen) atoms. The van der Waals surface area contributed by atoms with Crippen molar-refractivity contribution in [1.29, 1.82) is 0 Å². The van der Waals surface area contributed by atoms with E-state index in [2.05, 4.69) is 23.1 Å². The van der Waals surface area contributed by atoms with E-state index in [4.69, 9.17) is 11.6 Å². The summed E-state index contributed by atoms with van der Waals surface area (Å²) in [6, 6.07) is 4.80. The van der Waals surface area contributed by atoms with Gasteiger partial charge in [-0.3, -0.25) is 4.58 Å². The zero-order valence-electron chi connectivity index (χ0n) is 18.0. The second kappa shape index (κ2) is 9.77. The molecule has 1 aliphatic heterocycles. The van der Waals surface area contributed by atoms with Gasteiger partial charge in [-0.05, 0) is 56.5 Å². The quantitative estimate of drug-likeness (QED) is 0.592. The van der Waals surface area contributed by atoms with Crippen LogP contribution >= 0.6 is 23.4 Å². The fourth-order valence-electron chi connectivity index (χ4n) is 4.25. The van der Waals surface area contributed by atoms with Crippen LogP contribution in [-0.4, -0.2) is 60.6 Å². The van der Waals surface area contributed by atoms with Gasteiger partial charge >= 0.3 is 5.17 Å². The minimum atomic E-state index is -3.76. The van der Waals surface area contributed by atoms with Crippen molar-refractivity contribution in [2.75, 3.05) is 32.4 Å². The van der Waals surface area contributed by atoms with Gasteiger partial charge in [-0.15, -0.1) is 0 Å². The van der Waals surface area contributed by atoms with Crippen LogP contribution in [0.4, 0.5) is 0 Å². The van der Waals surface area contributed by atoms with Crippen LogP contribution in [0.15, 0.2) is 23.1 Å². The molecule has 0 bridgehead atoms. The molecule has 0 spiro atoms. The fourth-order valence-corrected chi connectivity index (χ4v) is 7.36. The monoisotopic (exact) mass is 474 g/mol. The van der Waals surface area contributed by atoms with Crippen molar-refractivity contribution >= 4 is 38.6 Å².